The standard InChI is InChI=1S/C14H21F2N3OS/c1-3-4-5-8-14(15,16)20-13-12(17-21-18-13)11-7-6-9-19(2)10-11/h7H,3-6,8-10H2,1-2H3/i2D3. The van der Waals surface area contributed by atoms with Gasteiger partial charge >= 0.3 is 6.11 Å². The van der Waals surface area contributed by atoms with Gasteiger partial charge in [-0.25, -0.2) is 0 Å². The maximum Gasteiger partial charge on any atom is 0.399 e. The molecule has 0 bridgehead atoms. The van der Waals surface area contributed by atoms with Crippen molar-refractivity contribution in [2.75, 3.05) is 20.1 Å². The first-order valence-electron chi connectivity index (χ1n) is 8.57. The molecule has 0 atom stereocenters. The molecule has 0 N–H and O–H groups in total. The molecule has 1 aromatic rings. The summed E-state index contributed by atoms with van der Waals surface area (Å²) in [6, 6.07) is 0. The van der Waals surface area contributed by atoms with Crippen molar-refractivity contribution in [2.45, 2.75) is 45.1 Å². The van der Waals surface area contributed by atoms with Gasteiger partial charge < -0.3 is 9.64 Å². The summed E-state index contributed by atoms with van der Waals surface area (Å²) >= 11 is 0.779. The SMILES string of the molecule is [2H]C([2H])([2H])N1CCC=C(c2nsnc2OC(F)(F)CCCCC)C1. The second kappa shape index (κ2) is 7.26. The van der Waals surface area contributed by atoms with E-state index in [0.717, 1.165) is 18.1 Å². The summed E-state index contributed by atoms with van der Waals surface area (Å²) in [7, 11) is 0. The van der Waals surface area contributed by atoms with E-state index in [1.165, 1.54) is 4.90 Å². The van der Waals surface area contributed by atoms with Crippen molar-refractivity contribution in [1.29, 1.82) is 0 Å². The Bertz CT molecular complexity index is 578. The lowest BCUT2D eigenvalue weighted by Crippen LogP contribution is -2.27. The van der Waals surface area contributed by atoms with E-state index in [2.05, 4.69) is 8.75 Å². The summed E-state index contributed by atoms with van der Waals surface area (Å²) in [5.74, 6) is -0.222. The third-order valence-corrected chi connectivity index (χ3v) is 3.74. The number of hydrogen-bond acceptors (Lipinski definition) is 5. The molecule has 1 aliphatic rings. The minimum Gasteiger partial charge on any atom is -0.411 e. The van der Waals surface area contributed by atoms with Crippen molar-refractivity contribution in [3.05, 3.63) is 11.8 Å². The van der Waals surface area contributed by atoms with Gasteiger partial charge in [0.15, 0.2) is 0 Å². The number of alkyl halides is 2. The van der Waals surface area contributed by atoms with Crippen LogP contribution < -0.4 is 4.74 Å². The Morgan fingerprint density at radius 1 is 1.48 bits per heavy atom. The van der Waals surface area contributed by atoms with Crippen LogP contribution in [0.15, 0.2) is 6.08 Å². The van der Waals surface area contributed by atoms with Crippen molar-refractivity contribution < 1.29 is 17.6 Å². The van der Waals surface area contributed by atoms with Crippen molar-refractivity contribution in [3.63, 3.8) is 0 Å². The van der Waals surface area contributed by atoms with E-state index in [1.54, 1.807) is 6.08 Å². The Morgan fingerprint density at radius 2 is 2.33 bits per heavy atom. The fourth-order valence-electron chi connectivity index (χ4n) is 2.13. The zero-order valence-electron chi connectivity index (χ0n) is 14.9. The van der Waals surface area contributed by atoms with E-state index < -0.39 is 13.1 Å². The van der Waals surface area contributed by atoms with Crippen molar-refractivity contribution in [1.82, 2.24) is 13.6 Å². The predicted octanol–water partition coefficient (Wildman–Crippen LogP) is 3.81. The van der Waals surface area contributed by atoms with Gasteiger partial charge in [0.1, 0.15) is 5.69 Å². The first kappa shape index (κ1) is 12.5. The second-order valence-corrected chi connectivity index (χ2v) is 5.58. The van der Waals surface area contributed by atoms with Crippen LogP contribution in [0.2, 0.25) is 0 Å². The molecule has 2 rings (SSSR count). The molecule has 21 heavy (non-hydrogen) atoms. The largest absolute Gasteiger partial charge is 0.411 e. The lowest BCUT2D eigenvalue weighted by molar-refractivity contribution is -0.183. The molecule has 2 heterocycles. The Hall–Kier alpha value is -1.08. The number of halogens is 2. The summed E-state index contributed by atoms with van der Waals surface area (Å²) in [5.41, 5.74) is 0.773. The van der Waals surface area contributed by atoms with Crippen molar-refractivity contribution >= 4 is 17.3 Å². The highest BCUT2D eigenvalue weighted by molar-refractivity contribution is 6.99. The highest BCUT2D eigenvalue weighted by Gasteiger charge is 2.33. The first-order valence-corrected chi connectivity index (χ1v) is 7.80. The molecule has 4 nitrogen and oxygen atoms in total. The van der Waals surface area contributed by atoms with Gasteiger partial charge in [0, 0.05) is 17.2 Å². The third-order valence-electron chi connectivity index (χ3n) is 3.23. The number of aromatic nitrogens is 2. The Morgan fingerprint density at radius 3 is 3.10 bits per heavy atom. The van der Waals surface area contributed by atoms with Crippen molar-refractivity contribution in [2.24, 2.45) is 0 Å². The van der Waals surface area contributed by atoms with Crippen LogP contribution in [0, 0.1) is 0 Å². The minimum atomic E-state index is -3.31. The molecule has 0 fully saturated rings. The molecule has 7 heteroatoms. The van der Waals surface area contributed by atoms with E-state index in [1.807, 2.05) is 6.92 Å². The van der Waals surface area contributed by atoms with Crippen LogP contribution in [0.3, 0.4) is 0 Å². The van der Waals surface area contributed by atoms with E-state index in [9.17, 15) is 8.78 Å². The monoisotopic (exact) mass is 320 g/mol. The summed E-state index contributed by atoms with van der Waals surface area (Å²) in [5, 5.41) is 0. The van der Waals surface area contributed by atoms with Crippen LogP contribution in [0.5, 0.6) is 5.88 Å². The first-order chi connectivity index (χ1) is 11.2. The lowest BCUT2D eigenvalue weighted by Gasteiger charge is -2.23. The Balaban J connectivity index is 2.08. The smallest absolute Gasteiger partial charge is 0.399 e. The molecule has 0 spiro atoms. The number of rotatable bonds is 7. The fourth-order valence-corrected chi connectivity index (χ4v) is 2.65. The Labute approximate surface area is 132 Å². The normalized spacial score (nSPS) is 19.6. The zero-order valence-corrected chi connectivity index (χ0v) is 12.8. The van der Waals surface area contributed by atoms with Gasteiger partial charge in [0.2, 0.25) is 0 Å². The summed E-state index contributed by atoms with van der Waals surface area (Å²) in [6.07, 6.45) is 0.554. The number of likely N-dealkylation sites (N-methyl/N-ethyl adjacent to an activating group) is 1. The van der Waals surface area contributed by atoms with Gasteiger partial charge in [-0.15, -0.1) is 4.37 Å². The number of ether oxygens (including phenoxy) is 1. The van der Waals surface area contributed by atoms with Crippen LogP contribution in [0.1, 0.15) is 48.8 Å². The third kappa shape index (κ3) is 4.71. The molecule has 0 amide bonds. The van der Waals surface area contributed by atoms with Gasteiger partial charge in [-0.3, -0.25) is 0 Å². The van der Waals surface area contributed by atoms with E-state index in [0.29, 0.717) is 31.4 Å². The summed E-state index contributed by atoms with van der Waals surface area (Å²) in [6.45, 7) is 0.211. The molecule has 118 valence electrons. The van der Waals surface area contributed by atoms with Crippen LogP contribution in [0.25, 0.3) is 5.57 Å². The molecular weight excluding hydrogens is 296 g/mol. The maximum absolute atomic E-state index is 13.9. The molecule has 0 aromatic carbocycles. The van der Waals surface area contributed by atoms with Crippen LogP contribution in [0.4, 0.5) is 8.78 Å². The molecule has 0 unspecified atom stereocenters. The van der Waals surface area contributed by atoms with Gasteiger partial charge in [-0.05, 0) is 25.4 Å². The number of unbranched alkanes of at least 4 members (excludes halogenated alkanes) is 2. The van der Waals surface area contributed by atoms with E-state index in [4.69, 9.17) is 8.85 Å². The van der Waals surface area contributed by atoms with Gasteiger partial charge in [0.05, 0.1) is 18.1 Å². The molecule has 0 aliphatic carbocycles. The van der Waals surface area contributed by atoms with E-state index in [-0.39, 0.29) is 24.5 Å². The molecule has 1 aromatic heterocycles. The average molecular weight is 320 g/mol. The van der Waals surface area contributed by atoms with E-state index >= 15 is 0 Å². The summed E-state index contributed by atoms with van der Waals surface area (Å²) in [4.78, 5) is 1.31. The minimum absolute atomic E-state index is 0.111. The Kier molecular flexibility index (Phi) is 4.31. The highest BCUT2D eigenvalue weighted by Crippen LogP contribution is 2.32. The predicted molar refractivity (Wildman–Crippen MR) is 79.7 cm³/mol. The van der Waals surface area contributed by atoms with Crippen LogP contribution in [-0.4, -0.2) is 39.8 Å². The molecule has 0 saturated heterocycles. The molecule has 0 saturated carbocycles. The molecule has 1 aliphatic heterocycles. The second-order valence-electron chi connectivity index (χ2n) is 5.05. The van der Waals surface area contributed by atoms with Gasteiger partial charge in [-0.1, -0.05) is 25.8 Å². The highest BCUT2D eigenvalue weighted by atomic mass is 32.1. The van der Waals surface area contributed by atoms with Crippen LogP contribution >= 0.6 is 11.7 Å². The topological polar surface area (TPSA) is 38.2 Å². The fraction of sp³-hybridized carbons (Fsp3) is 0.714. The number of nitrogens with zero attached hydrogens (tertiary/aromatic N) is 3. The molecular formula is C14H21F2N3OS. The zero-order chi connectivity index (χ0) is 17.8. The van der Waals surface area contributed by atoms with Gasteiger partial charge in [-0.2, -0.15) is 13.2 Å². The van der Waals surface area contributed by atoms with Crippen molar-refractivity contribution in [3.8, 4) is 5.88 Å². The summed E-state index contributed by atoms with van der Waals surface area (Å²) < 4.78 is 62.9. The molecule has 0 radical (unpaired) electrons. The maximum atomic E-state index is 13.9. The van der Waals surface area contributed by atoms with Gasteiger partial charge in [0.25, 0.3) is 5.88 Å². The average Bonchev–Trinajstić information content (AvgIpc) is 2.94. The lowest BCUT2D eigenvalue weighted by atomic mass is 10.1. The quantitative estimate of drug-likeness (QED) is 0.716. The van der Waals surface area contributed by atoms with Crippen LogP contribution in [-0.2, 0) is 0 Å². The number of hydrogen-bond donors (Lipinski definition) is 0.